The van der Waals surface area contributed by atoms with Crippen LogP contribution in [-0.4, -0.2) is 30.6 Å². The van der Waals surface area contributed by atoms with Crippen LogP contribution < -0.4 is 5.32 Å². The molecule has 0 saturated carbocycles. The average molecular weight is 243 g/mol. The first-order valence-corrected chi connectivity index (χ1v) is 6.73. The molecule has 18 heavy (non-hydrogen) atoms. The van der Waals surface area contributed by atoms with E-state index in [0.29, 0.717) is 6.04 Å². The predicted octanol–water partition coefficient (Wildman–Crippen LogP) is 2.76. The highest BCUT2D eigenvalue weighted by atomic mass is 15.2. The molecule has 2 rings (SSSR count). The van der Waals surface area contributed by atoms with Crippen LogP contribution in [0.25, 0.3) is 0 Å². The second kappa shape index (κ2) is 5.88. The Balaban J connectivity index is 1.96. The van der Waals surface area contributed by atoms with Crippen LogP contribution in [0.1, 0.15) is 30.9 Å². The molecule has 1 saturated heterocycles. The van der Waals surface area contributed by atoms with Gasteiger partial charge in [0.25, 0.3) is 0 Å². The van der Waals surface area contributed by atoms with Gasteiger partial charge in [-0.25, -0.2) is 0 Å². The van der Waals surface area contributed by atoms with Crippen molar-refractivity contribution < 1.29 is 0 Å². The SMILES string of the molecule is CCN1CCCC1CNc1ccc(C#N)cc1C. The Hall–Kier alpha value is -1.53. The summed E-state index contributed by atoms with van der Waals surface area (Å²) in [7, 11) is 0. The number of anilines is 1. The van der Waals surface area contributed by atoms with Crippen LogP contribution in [0.3, 0.4) is 0 Å². The average Bonchev–Trinajstić information content (AvgIpc) is 2.84. The minimum Gasteiger partial charge on any atom is -0.383 e. The minimum atomic E-state index is 0.657. The molecule has 0 spiro atoms. The maximum atomic E-state index is 8.84. The number of likely N-dealkylation sites (N-methyl/N-ethyl adjacent to an activating group) is 1. The topological polar surface area (TPSA) is 39.1 Å². The van der Waals surface area contributed by atoms with Crippen LogP contribution in [0.5, 0.6) is 0 Å². The highest BCUT2D eigenvalue weighted by molar-refractivity contribution is 5.54. The van der Waals surface area contributed by atoms with Gasteiger partial charge in [-0.15, -0.1) is 0 Å². The molecule has 1 N–H and O–H groups in total. The summed E-state index contributed by atoms with van der Waals surface area (Å²) in [5, 5.41) is 12.4. The summed E-state index contributed by atoms with van der Waals surface area (Å²) in [6.07, 6.45) is 2.60. The zero-order chi connectivity index (χ0) is 13.0. The summed E-state index contributed by atoms with van der Waals surface area (Å²) in [5.41, 5.74) is 3.03. The van der Waals surface area contributed by atoms with Crippen molar-refractivity contribution in [3.63, 3.8) is 0 Å². The lowest BCUT2D eigenvalue weighted by molar-refractivity contribution is 0.277. The molecule has 1 heterocycles. The number of hydrogen-bond acceptors (Lipinski definition) is 3. The van der Waals surface area contributed by atoms with Crippen LogP contribution in [0.15, 0.2) is 18.2 Å². The summed E-state index contributed by atoms with van der Waals surface area (Å²) >= 11 is 0. The first kappa shape index (κ1) is 12.9. The van der Waals surface area contributed by atoms with Gasteiger partial charge in [0, 0.05) is 18.3 Å². The van der Waals surface area contributed by atoms with Gasteiger partial charge in [0.1, 0.15) is 0 Å². The molecule has 1 aromatic carbocycles. The van der Waals surface area contributed by atoms with E-state index in [2.05, 4.69) is 30.1 Å². The normalized spacial score (nSPS) is 19.7. The van der Waals surface area contributed by atoms with E-state index in [4.69, 9.17) is 5.26 Å². The summed E-state index contributed by atoms with van der Waals surface area (Å²) in [6, 6.07) is 8.66. The Morgan fingerprint density at radius 2 is 2.33 bits per heavy atom. The Labute approximate surface area is 109 Å². The summed E-state index contributed by atoms with van der Waals surface area (Å²) in [5.74, 6) is 0. The van der Waals surface area contributed by atoms with E-state index in [9.17, 15) is 0 Å². The smallest absolute Gasteiger partial charge is 0.0991 e. The van der Waals surface area contributed by atoms with Crippen LogP contribution in [-0.2, 0) is 0 Å². The molecular weight excluding hydrogens is 222 g/mol. The van der Waals surface area contributed by atoms with Crippen molar-refractivity contribution in [3.8, 4) is 6.07 Å². The second-order valence-corrected chi connectivity index (χ2v) is 4.95. The lowest BCUT2D eigenvalue weighted by Crippen LogP contribution is -2.34. The Bertz CT molecular complexity index is 448. The molecule has 1 atom stereocenters. The van der Waals surface area contributed by atoms with Gasteiger partial charge < -0.3 is 5.32 Å². The highest BCUT2D eigenvalue weighted by Gasteiger charge is 2.22. The lowest BCUT2D eigenvalue weighted by Gasteiger charge is -2.23. The van der Waals surface area contributed by atoms with Crippen molar-refractivity contribution in [1.29, 1.82) is 5.26 Å². The summed E-state index contributed by atoms with van der Waals surface area (Å²) in [4.78, 5) is 2.53. The molecule has 3 nitrogen and oxygen atoms in total. The molecule has 0 radical (unpaired) electrons. The largest absolute Gasteiger partial charge is 0.383 e. The summed E-state index contributed by atoms with van der Waals surface area (Å²) in [6.45, 7) is 7.65. The number of benzene rings is 1. The van der Waals surface area contributed by atoms with Crippen LogP contribution in [0, 0.1) is 18.3 Å². The quantitative estimate of drug-likeness (QED) is 0.883. The van der Waals surface area contributed by atoms with E-state index in [1.165, 1.54) is 19.4 Å². The van der Waals surface area contributed by atoms with E-state index in [-0.39, 0.29) is 0 Å². The molecule has 1 fully saturated rings. The van der Waals surface area contributed by atoms with Crippen molar-refractivity contribution in [1.82, 2.24) is 4.90 Å². The van der Waals surface area contributed by atoms with Crippen molar-refractivity contribution >= 4 is 5.69 Å². The molecule has 1 aliphatic rings. The van der Waals surface area contributed by atoms with Gasteiger partial charge in [-0.3, -0.25) is 4.90 Å². The van der Waals surface area contributed by atoms with Gasteiger partial charge >= 0.3 is 0 Å². The Morgan fingerprint density at radius 3 is 3.00 bits per heavy atom. The number of likely N-dealkylation sites (tertiary alicyclic amines) is 1. The summed E-state index contributed by atoms with van der Waals surface area (Å²) < 4.78 is 0. The number of nitriles is 1. The van der Waals surface area contributed by atoms with Crippen LogP contribution in [0.2, 0.25) is 0 Å². The van der Waals surface area contributed by atoms with Crippen molar-refractivity contribution in [3.05, 3.63) is 29.3 Å². The number of rotatable bonds is 4. The monoisotopic (exact) mass is 243 g/mol. The lowest BCUT2D eigenvalue weighted by atomic mass is 10.1. The second-order valence-electron chi connectivity index (χ2n) is 4.95. The first-order chi connectivity index (χ1) is 8.74. The van der Waals surface area contributed by atoms with Gasteiger partial charge in [0.2, 0.25) is 0 Å². The number of aryl methyl sites for hydroxylation is 1. The third kappa shape index (κ3) is 2.83. The molecule has 0 aromatic heterocycles. The molecular formula is C15H21N3. The number of nitrogens with zero attached hydrogens (tertiary/aromatic N) is 2. The zero-order valence-corrected chi connectivity index (χ0v) is 11.2. The first-order valence-electron chi connectivity index (χ1n) is 6.73. The molecule has 96 valence electrons. The molecule has 0 amide bonds. The van der Waals surface area contributed by atoms with Crippen LogP contribution in [0.4, 0.5) is 5.69 Å². The van der Waals surface area contributed by atoms with Gasteiger partial charge in [-0.05, 0) is 56.6 Å². The van der Waals surface area contributed by atoms with E-state index in [1.807, 2.05) is 18.2 Å². The fourth-order valence-corrected chi connectivity index (χ4v) is 2.70. The van der Waals surface area contributed by atoms with Gasteiger partial charge in [0.15, 0.2) is 0 Å². The molecule has 1 unspecified atom stereocenters. The standard InChI is InChI=1S/C15H21N3/c1-3-18-8-4-5-14(18)11-17-15-7-6-13(10-16)9-12(15)2/h6-7,9,14,17H,3-5,8,11H2,1-2H3. The van der Waals surface area contributed by atoms with E-state index < -0.39 is 0 Å². The molecule has 0 aliphatic carbocycles. The van der Waals surface area contributed by atoms with E-state index in [0.717, 1.165) is 29.9 Å². The number of nitrogens with one attached hydrogen (secondary N) is 1. The van der Waals surface area contributed by atoms with E-state index >= 15 is 0 Å². The third-order valence-corrected chi connectivity index (χ3v) is 3.79. The van der Waals surface area contributed by atoms with Crippen molar-refractivity contribution in [2.45, 2.75) is 32.7 Å². The molecule has 1 aromatic rings. The highest BCUT2D eigenvalue weighted by Crippen LogP contribution is 2.20. The van der Waals surface area contributed by atoms with E-state index in [1.54, 1.807) is 0 Å². The van der Waals surface area contributed by atoms with Gasteiger partial charge in [0.05, 0.1) is 11.6 Å². The predicted molar refractivity (Wildman–Crippen MR) is 74.7 cm³/mol. The number of hydrogen-bond donors (Lipinski definition) is 1. The molecule has 0 bridgehead atoms. The maximum absolute atomic E-state index is 8.84. The maximum Gasteiger partial charge on any atom is 0.0991 e. The van der Waals surface area contributed by atoms with Crippen LogP contribution >= 0.6 is 0 Å². The fourth-order valence-electron chi connectivity index (χ4n) is 2.70. The molecule has 1 aliphatic heterocycles. The van der Waals surface area contributed by atoms with Crippen molar-refractivity contribution in [2.75, 3.05) is 25.0 Å². The third-order valence-electron chi connectivity index (χ3n) is 3.79. The Kier molecular flexibility index (Phi) is 4.22. The minimum absolute atomic E-state index is 0.657. The van der Waals surface area contributed by atoms with Crippen molar-refractivity contribution in [2.24, 2.45) is 0 Å². The zero-order valence-electron chi connectivity index (χ0n) is 11.2. The fraction of sp³-hybridized carbons (Fsp3) is 0.533. The van der Waals surface area contributed by atoms with Gasteiger partial charge in [-0.2, -0.15) is 5.26 Å². The van der Waals surface area contributed by atoms with Gasteiger partial charge in [-0.1, -0.05) is 6.92 Å². The molecule has 3 heteroatoms. The Morgan fingerprint density at radius 1 is 1.50 bits per heavy atom.